The zero-order valence-corrected chi connectivity index (χ0v) is 12.3. The molecule has 0 aliphatic carbocycles. The standard InChI is InChI=1S/C17H14ClN3/c1-11-2-4-12(5-3-11)15-10-16(21-17(19)20-15)13-6-8-14(18)9-7-13/h2-10H,1H3,(H2,19,20,21). The molecule has 0 aliphatic rings. The second-order valence-corrected chi connectivity index (χ2v) is 5.31. The van der Waals surface area contributed by atoms with E-state index in [0.29, 0.717) is 5.02 Å². The maximum Gasteiger partial charge on any atom is 0.221 e. The lowest BCUT2D eigenvalue weighted by molar-refractivity contribution is 1.19. The van der Waals surface area contributed by atoms with Crippen LogP contribution < -0.4 is 5.73 Å². The molecule has 1 aromatic heterocycles. The highest BCUT2D eigenvalue weighted by molar-refractivity contribution is 6.30. The third kappa shape index (κ3) is 3.03. The average molecular weight is 296 g/mol. The highest BCUT2D eigenvalue weighted by atomic mass is 35.5. The predicted octanol–water partition coefficient (Wildman–Crippen LogP) is 4.35. The van der Waals surface area contributed by atoms with Crippen molar-refractivity contribution in [3.63, 3.8) is 0 Å². The molecule has 2 N–H and O–H groups in total. The molecule has 0 aliphatic heterocycles. The Labute approximate surface area is 128 Å². The Kier molecular flexibility index (Phi) is 3.59. The van der Waals surface area contributed by atoms with Crippen molar-refractivity contribution in [1.29, 1.82) is 0 Å². The number of aryl methyl sites for hydroxylation is 1. The zero-order valence-electron chi connectivity index (χ0n) is 11.5. The summed E-state index contributed by atoms with van der Waals surface area (Å²) in [6.07, 6.45) is 0. The van der Waals surface area contributed by atoms with Gasteiger partial charge in [-0.05, 0) is 25.1 Å². The first-order chi connectivity index (χ1) is 10.1. The molecule has 104 valence electrons. The number of nitrogens with zero attached hydrogens (tertiary/aromatic N) is 2. The molecular formula is C17H14ClN3. The molecule has 0 unspecified atom stereocenters. The first kappa shape index (κ1) is 13.6. The lowest BCUT2D eigenvalue weighted by atomic mass is 10.1. The van der Waals surface area contributed by atoms with Crippen molar-refractivity contribution < 1.29 is 0 Å². The number of benzene rings is 2. The van der Waals surface area contributed by atoms with Gasteiger partial charge in [0.05, 0.1) is 11.4 Å². The topological polar surface area (TPSA) is 51.8 Å². The summed E-state index contributed by atoms with van der Waals surface area (Å²) in [5, 5.41) is 0.694. The molecule has 3 nitrogen and oxygen atoms in total. The highest BCUT2D eigenvalue weighted by Crippen LogP contribution is 2.25. The third-order valence-electron chi connectivity index (χ3n) is 3.23. The van der Waals surface area contributed by atoms with Gasteiger partial charge in [0.25, 0.3) is 0 Å². The summed E-state index contributed by atoms with van der Waals surface area (Å²) in [4.78, 5) is 8.62. The minimum atomic E-state index is 0.262. The van der Waals surface area contributed by atoms with Crippen LogP contribution in [-0.2, 0) is 0 Å². The van der Waals surface area contributed by atoms with E-state index in [1.54, 1.807) is 0 Å². The number of rotatable bonds is 2. The Morgan fingerprint density at radius 1 is 0.810 bits per heavy atom. The maximum atomic E-state index is 5.91. The van der Waals surface area contributed by atoms with E-state index in [9.17, 15) is 0 Å². The van der Waals surface area contributed by atoms with Gasteiger partial charge in [0.15, 0.2) is 0 Å². The van der Waals surface area contributed by atoms with E-state index >= 15 is 0 Å². The molecule has 0 radical (unpaired) electrons. The van der Waals surface area contributed by atoms with Crippen molar-refractivity contribution in [2.75, 3.05) is 5.73 Å². The summed E-state index contributed by atoms with van der Waals surface area (Å²) >= 11 is 5.91. The fourth-order valence-electron chi connectivity index (χ4n) is 2.11. The smallest absolute Gasteiger partial charge is 0.221 e. The second kappa shape index (κ2) is 5.54. The zero-order chi connectivity index (χ0) is 14.8. The fraction of sp³-hybridized carbons (Fsp3) is 0.0588. The molecule has 3 rings (SSSR count). The Balaban J connectivity index is 2.07. The quantitative estimate of drug-likeness (QED) is 0.764. The van der Waals surface area contributed by atoms with Crippen molar-refractivity contribution in [3.05, 3.63) is 65.2 Å². The molecule has 0 amide bonds. The minimum absolute atomic E-state index is 0.262. The number of hydrogen-bond acceptors (Lipinski definition) is 3. The number of nitrogen functional groups attached to an aromatic ring is 1. The molecule has 0 saturated carbocycles. The summed E-state index contributed by atoms with van der Waals surface area (Å²) in [6.45, 7) is 2.05. The Bertz CT molecular complexity index is 701. The van der Waals surface area contributed by atoms with Crippen LogP contribution in [0, 0.1) is 6.92 Å². The van der Waals surface area contributed by atoms with Crippen molar-refractivity contribution >= 4 is 17.5 Å². The number of halogens is 1. The van der Waals surface area contributed by atoms with Crippen molar-refractivity contribution in [2.24, 2.45) is 0 Å². The molecule has 0 spiro atoms. The van der Waals surface area contributed by atoms with E-state index in [1.165, 1.54) is 5.56 Å². The van der Waals surface area contributed by atoms with Crippen LogP contribution in [0.15, 0.2) is 54.6 Å². The number of aromatic nitrogens is 2. The van der Waals surface area contributed by atoms with E-state index in [4.69, 9.17) is 17.3 Å². The molecule has 21 heavy (non-hydrogen) atoms. The summed E-state index contributed by atoms with van der Waals surface area (Å²) in [5.74, 6) is 0.262. The van der Waals surface area contributed by atoms with E-state index in [2.05, 4.69) is 29.0 Å². The van der Waals surface area contributed by atoms with Crippen LogP contribution >= 0.6 is 11.6 Å². The molecular weight excluding hydrogens is 282 g/mol. The van der Waals surface area contributed by atoms with Crippen molar-refractivity contribution in [1.82, 2.24) is 9.97 Å². The number of anilines is 1. The molecule has 0 atom stereocenters. The largest absolute Gasteiger partial charge is 0.368 e. The number of nitrogens with two attached hydrogens (primary N) is 1. The van der Waals surface area contributed by atoms with Gasteiger partial charge in [-0.2, -0.15) is 0 Å². The molecule has 0 bridgehead atoms. The van der Waals surface area contributed by atoms with Gasteiger partial charge in [-0.3, -0.25) is 0 Å². The molecule has 0 fully saturated rings. The fourth-order valence-corrected chi connectivity index (χ4v) is 2.23. The summed E-state index contributed by atoms with van der Waals surface area (Å²) < 4.78 is 0. The SMILES string of the molecule is Cc1ccc(-c2cc(-c3ccc(Cl)cc3)nc(N)n2)cc1. The van der Waals surface area contributed by atoms with Crippen LogP contribution in [0.25, 0.3) is 22.5 Å². The average Bonchev–Trinajstić information content (AvgIpc) is 2.48. The summed E-state index contributed by atoms with van der Waals surface area (Å²) in [6, 6.07) is 17.6. The Morgan fingerprint density at radius 2 is 1.29 bits per heavy atom. The predicted molar refractivity (Wildman–Crippen MR) is 87.1 cm³/mol. The van der Waals surface area contributed by atoms with Crippen LogP contribution in [0.3, 0.4) is 0 Å². The van der Waals surface area contributed by atoms with Gasteiger partial charge in [0.2, 0.25) is 5.95 Å². The van der Waals surface area contributed by atoms with Crippen LogP contribution in [-0.4, -0.2) is 9.97 Å². The molecule has 4 heteroatoms. The van der Waals surface area contributed by atoms with Crippen LogP contribution in [0.5, 0.6) is 0 Å². The van der Waals surface area contributed by atoms with Gasteiger partial charge in [-0.25, -0.2) is 9.97 Å². The van der Waals surface area contributed by atoms with Crippen LogP contribution in [0.2, 0.25) is 5.02 Å². The monoisotopic (exact) mass is 295 g/mol. The van der Waals surface area contributed by atoms with Gasteiger partial charge in [0, 0.05) is 16.1 Å². The third-order valence-corrected chi connectivity index (χ3v) is 3.48. The van der Waals surface area contributed by atoms with E-state index in [1.807, 2.05) is 42.5 Å². The van der Waals surface area contributed by atoms with Crippen LogP contribution in [0.1, 0.15) is 5.56 Å². The van der Waals surface area contributed by atoms with E-state index in [0.717, 1.165) is 22.5 Å². The molecule has 1 heterocycles. The van der Waals surface area contributed by atoms with Gasteiger partial charge >= 0.3 is 0 Å². The first-order valence-electron chi connectivity index (χ1n) is 6.59. The van der Waals surface area contributed by atoms with Gasteiger partial charge in [-0.1, -0.05) is 53.6 Å². The van der Waals surface area contributed by atoms with Gasteiger partial charge < -0.3 is 5.73 Å². The lowest BCUT2D eigenvalue weighted by Crippen LogP contribution is -1.98. The van der Waals surface area contributed by atoms with E-state index in [-0.39, 0.29) is 5.95 Å². The van der Waals surface area contributed by atoms with Crippen LogP contribution in [0.4, 0.5) is 5.95 Å². The van der Waals surface area contributed by atoms with Gasteiger partial charge in [-0.15, -0.1) is 0 Å². The normalized spacial score (nSPS) is 10.6. The molecule has 3 aromatic rings. The second-order valence-electron chi connectivity index (χ2n) is 4.87. The summed E-state index contributed by atoms with van der Waals surface area (Å²) in [7, 11) is 0. The van der Waals surface area contributed by atoms with E-state index < -0.39 is 0 Å². The number of hydrogen-bond donors (Lipinski definition) is 1. The maximum absolute atomic E-state index is 5.91. The Hall–Kier alpha value is -2.39. The molecule has 0 saturated heterocycles. The highest BCUT2D eigenvalue weighted by Gasteiger charge is 2.07. The van der Waals surface area contributed by atoms with Crippen molar-refractivity contribution in [2.45, 2.75) is 6.92 Å². The van der Waals surface area contributed by atoms with Crippen molar-refractivity contribution in [3.8, 4) is 22.5 Å². The lowest BCUT2D eigenvalue weighted by Gasteiger charge is -2.07. The Morgan fingerprint density at radius 3 is 1.81 bits per heavy atom. The molecule has 2 aromatic carbocycles. The first-order valence-corrected chi connectivity index (χ1v) is 6.97. The minimum Gasteiger partial charge on any atom is -0.368 e. The van der Waals surface area contributed by atoms with Gasteiger partial charge in [0.1, 0.15) is 0 Å². The summed E-state index contributed by atoms with van der Waals surface area (Å²) in [5.41, 5.74) is 10.6.